The van der Waals surface area contributed by atoms with E-state index in [9.17, 15) is 9.90 Å². The Labute approximate surface area is 132 Å². The number of hydrogen-bond donors (Lipinski definition) is 2. The first-order valence-electron chi connectivity index (χ1n) is 6.93. The van der Waals surface area contributed by atoms with Gasteiger partial charge >= 0.3 is 5.63 Å². The first-order valence-corrected chi connectivity index (χ1v) is 6.93. The van der Waals surface area contributed by atoms with Crippen molar-refractivity contribution in [3.63, 3.8) is 0 Å². The van der Waals surface area contributed by atoms with E-state index in [1.807, 2.05) is 6.07 Å². The van der Waals surface area contributed by atoms with Gasteiger partial charge in [0.2, 0.25) is 0 Å². The third-order valence-electron chi connectivity index (χ3n) is 3.04. The minimum Gasteiger partial charge on any atom is -0.447 e. The van der Waals surface area contributed by atoms with Crippen LogP contribution in [0.5, 0.6) is 5.75 Å². The Bertz CT molecular complexity index is 819. The minimum atomic E-state index is -1.37. The number of aromatic nitrogens is 1. The zero-order valence-corrected chi connectivity index (χ0v) is 12.0. The standard InChI is InChI=1S/C17H14N2O4/c20-16-14(19-17(21)22-13-6-2-1-3-7-13)8-9-15(23-16)12-5-4-10-18-11-12/h1-11,17,19,21H. The summed E-state index contributed by atoms with van der Waals surface area (Å²) in [5.74, 6) is 0.871. The summed E-state index contributed by atoms with van der Waals surface area (Å²) in [6, 6.07) is 15.4. The van der Waals surface area contributed by atoms with E-state index in [-0.39, 0.29) is 5.69 Å². The predicted molar refractivity (Wildman–Crippen MR) is 84.9 cm³/mol. The lowest BCUT2D eigenvalue weighted by Gasteiger charge is -2.15. The topological polar surface area (TPSA) is 84.6 Å². The van der Waals surface area contributed by atoms with Crippen LogP contribution < -0.4 is 15.7 Å². The lowest BCUT2D eigenvalue weighted by Crippen LogP contribution is -2.28. The van der Waals surface area contributed by atoms with Gasteiger partial charge in [-0.2, -0.15) is 0 Å². The van der Waals surface area contributed by atoms with E-state index >= 15 is 0 Å². The SMILES string of the molecule is O=c1oc(-c2cccnc2)ccc1NC(O)Oc1ccccc1. The van der Waals surface area contributed by atoms with Gasteiger partial charge in [-0.1, -0.05) is 18.2 Å². The molecular weight excluding hydrogens is 296 g/mol. The van der Waals surface area contributed by atoms with E-state index in [4.69, 9.17) is 9.15 Å². The minimum absolute atomic E-state index is 0.0982. The lowest BCUT2D eigenvalue weighted by molar-refractivity contribution is 0.00749. The summed E-state index contributed by atoms with van der Waals surface area (Å²) in [6.45, 7) is 0. The van der Waals surface area contributed by atoms with Crippen LogP contribution >= 0.6 is 0 Å². The molecule has 6 nitrogen and oxygen atoms in total. The van der Waals surface area contributed by atoms with Gasteiger partial charge in [0.05, 0.1) is 0 Å². The van der Waals surface area contributed by atoms with Gasteiger partial charge in [0.25, 0.3) is 6.41 Å². The molecule has 2 aromatic heterocycles. The van der Waals surface area contributed by atoms with Crippen LogP contribution in [0, 0.1) is 0 Å². The molecule has 116 valence electrons. The second-order valence-electron chi connectivity index (χ2n) is 4.67. The van der Waals surface area contributed by atoms with Crippen LogP contribution in [0.3, 0.4) is 0 Å². The summed E-state index contributed by atoms with van der Waals surface area (Å²) in [6.07, 6.45) is 1.86. The number of hydrogen-bond acceptors (Lipinski definition) is 6. The average Bonchev–Trinajstić information content (AvgIpc) is 2.58. The molecule has 1 aromatic carbocycles. The van der Waals surface area contributed by atoms with E-state index < -0.39 is 12.0 Å². The van der Waals surface area contributed by atoms with Crippen molar-refractivity contribution in [1.82, 2.24) is 4.98 Å². The Morgan fingerprint density at radius 1 is 1.09 bits per heavy atom. The molecule has 0 spiro atoms. The Morgan fingerprint density at radius 2 is 1.91 bits per heavy atom. The van der Waals surface area contributed by atoms with Crippen molar-refractivity contribution >= 4 is 5.69 Å². The van der Waals surface area contributed by atoms with Crippen molar-refractivity contribution in [3.05, 3.63) is 77.4 Å². The number of ether oxygens (including phenoxy) is 1. The third kappa shape index (κ3) is 3.75. The highest BCUT2D eigenvalue weighted by atomic mass is 16.6. The van der Waals surface area contributed by atoms with Gasteiger partial charge in [-0.25, -0.2) is 4.79 Å². The van der Waals surface area contributed by atoms with Crippen LogP contribution in [-0.4, -0.2) is 16.5 Å². The van der Waals surface area contributed by atoms with Crippen LogP contribution in [0.2, 0.25) is 0 Å². The van der Waals surface area contributed by atoms with Crippen LogP contribution in [0.25, 0.3) is 11.3 Å². The molecule has 0 aliphatic heterocycles. The van der Waals surface area contributed by atoms with E-state index in [0.717, 1.165) is 0 Å². The van der Waals surface area contributed by atoms with Gasteiger partial charge in [-0.3, -0.25) is 4.98 Å². The Balaban J connectivity index is 1.73. The number of nitrogens with zero attached hydrogens (tertiary/aromatic N) is 1. The largest absolute Gasteiger partial charge is 0.447 e. The second-order valence-corrected chi connectivity index (χ2v) is 4.67. The molecule has 0 radical (unpaired) electrons. The molecule has 0 saturated heterocycles. The average molecular weight is 310 g/mol. The number of pyridine rings is 1. The molecule has 2 heterocycles. The summed E-state index contributed by atoms with van der Waals surface area (Å²) in [5, 5.41) is 12.4. The highest BCUT2D eigenvalue weighted by Gasteiger charge is 2.10. The predicted octanol–water partition coefficient (Wildman–Crippen LogP) is 2.47. The first kappa shape index (κ1) is 14.8. The van der Waals surface area contributed by atoms with E-state index in [1.165, 1.54) is 6.07 Å². The zero-order chi connectivity index (χ0) is 16.1. The van der Waals surface area contributed by atoms with Crippen LogP contribution in [0.15, 0.2) is 76.2 Å². The Morgan fingerprint density at radius 3 is 2.61 bits per heavy atom. The van der Waals surface area contributed by atoms with Crippen molar-refractivity contribution in [2.24, 2.45) is 0 Å². The van der Waals surface area contributed by atoms with Gasteiger partial charge in [-0.05, 0) is 36.4 Å². The van der Waals surface area contributed by atoms with Crippen molar-refractivity contribution in [2.75, 3.05) is 5.32 Å². The number of para-hydroxylation sites is 1. The molecular formula is C17H14N2O4. The van der Waals surface area contributed by atoms with Gasteiger partial charge in [0.1, 0.15) is 17.2 Å². The van der Waals surface area contributed by atoms with Gasteiger partial charge in [-0.15, -0.1) is 0 Å². The molecule has 0 saturated carbocycles. The van der Waals surface area contributed by atoms with Crippen LogP contribution in [0.1, 0.15) is 0 Å². The molecule has 1 atom stereocenters. The zero-order valence-electron chi connectivity index (χ0n) is 12.0. The van der Waals surface area contributed by atoms with Crippen LogP contribution in [0.4, 0.5) is 5.69 Å². The number of aliphatic hydroxyl groups excluding tert-OH is 1. The first-order chi connectivity index (χ1) is 11.2. The molecule has 0 aliphatic carbocycles. The maximum Gasteiger partial charge on any atom is 0.359 e. The summed E-state index contributed by atoms with van der Waals surface area (Å²) < 4.78 is 10.5. The van der Waals surface area contributed by atoms with Crippen LogP contribution in [-0.2, 0) is 0 Å². The summed E-state index contributed by atoms with van der Waals surface area (Å²) in [7, 11) is 0. The molecule has 3 rings (SSSR count). The maximum atomic E-state index is 12.0. The number of rotatable bonds is 5. The fraction of sp³-hybridized carbons (Fsp3) is 0.0588. The quantitative estimate of drug-likeness (QED) is 0.704. The van der Waals surface area contributed by atoms with Gasteiger partial charge < -0.3 is 19.6 Å². The normalized spacial score (nSPS) is 11.7. The fourth-order valence-electron chi connectivity index (χ4n) is 1.98. The highest BCUT2D eigenvalue weighted by Crippen LogP contribution is 2.18. The molecule has 3 aromatic rings. The van der Waals surface area contributed by atoms with E-state index in [0.29, 0.717) is 17.1 Å². The molecule has 23 heavy (non-hydrogen) atoms. The summed E-state index contributed by atoms with van der Waals surface area (Å²) in [4.78, 5) is 16.0. The number of benzene rings is 1. The monoisotopic (exact) mass is 310 g/mol. The number of aliphatic hydroxyl groups is 1. The van der Waals surface area contributed by atoms with Gasteiger partial charge in [0.15, 0.2) is 0 Å². The Hall–Kier alpha value is -3.12. The molecule has 2 N–H and O–H groups in total. The summed E-state index contributed by atoms with van der Waals surface area (Å²) in [5.41, 5.74) is 0.181. The fourth-order valence-corrected chi connectivity index (χ4v) is 1.98. The number of anilines is 1. The molecule has 0 amide bonds. The smallest absolute Gasteiger partial charge is 0.359 e. The molecule has 6 heteroatoms. The van der Waals surface area contributed by atoms with E-state index in [1.54, 1.807) is 54.9 Å². The lowest BCUT2D eigenvalue weighted by atomic mass is 10.2. The van der Waals surface area contributed by atoms with Gasteiger partial charge in [0, 0.05) is 18.0 Å². The molecule has 1 unspecified atom stereocenters. The Kier molecular flexibility index (Phi) is 4.35. The van der Waals surface area contributed by atoms with Crippen molar-refractivity contribution in [1.29, 1.82) is 0 Å². The van der Waals surface area contributed by atoms with Crippen molar-refractivity contribution in [3.8, 4) is 17.1 Å². The van der Waals surface area contributed by atoms with Crippen molar-refractivity contribution in [2.45, 2.75) is 6.41 Å². The molecule has 0 aliphatic rings. The summed E-state index contributed by atoms with van der Waals surface area (Å²) >= 11 is 0. The van der Waals surface area contributed by atoms with Crippen molar-refractivity contribution < 1.29 is 14.3 Å². The van der Waals surface area contributed by atoms with E-state index in [2.05, 4.69) is 10.3 Å². The maximum absolute atomic E-state index is 12.0. The second kappa shape index (κ2) is 6.76. The molecule has 0 bridgehead atoms. The number of nitrogens with one attached hydrogen (secondary N) is 1. The third-order valence-corrected chi connectivity index (χ3v) is 3.04. The highest BCUT2D eigenvalue weighted by molar-refractivity contribution is 5.57. The molecule has 0 fully saturated rings.